The summed E-state index contributed by atoms with van der Waals surface area (Å²) >= 11 is 3.65. The lowest BCUT2D eigenvalue weighted by molar-refractivity contribution is 0.486. The Bertz CT molecular complexity index is 389. The first-order chi connectivity index (χ1) is 9.10. The highest BCUT2D eigenvalue weighted by atomic mass is 79.9. The van der Waals surface area contributed by atoms with Gasteiger partial charge in [-0.25, -0.2) is 0 Å². The third-order valence-corrected chi connectivity index (χ3v) is 4.65. The van der Waals surface area contributed by atoms with Gasteiger partial charge in [-0.15, -0.1) is 6.58 Å². The molecule has 1 aromatic rings. The van der Waals surface area contributed by atoms with Crippen LogP contribution in [0, 0.1) is 13.8 Å². The van der Waals surface area contributed by atoms with Crippen LogP contribution in [-0.4, -0.2) is 6.54 Å². The first-order valence-corrected chi connectivity index (χ1v) is 8.00. The number of unbranched alkanes of at least 4 members (excludes halogenated alkanes) is 1. The summed E-state index contributed by atoms with van der Waals surface area (Å²) < 4.78 is 1.23. The molecule has 2 heteroatoms. The van der Waals surface area contributed by atoms with Gasteiger partial charge >= 0.3 is 0 Å². The van der Waals surface area contributed by atoms with Gasteiger partial charge in [0.2, 0.25) is 0 Å². The maximum Gasteiger partial charge on any atom is 0.0320 e. The SMILES string of the molecule is C=CCCCC(NCCC)c1cc(C)c(Br)c(C)c1. The summed E-state index contributed by atoms with van der Waals surface area (Å²) in [4.78, 5) is 0. The van der Waals surface area contributed by atoms with E-state index in [0.717, 1.165) is 13.0 Å². The van der Waals surface area contributed by atoms with Crippen LogP contribution in [-0.2, 0) is 0 Å². The average Bonchev–Trinajstić information content (AvgIpc) is 2.39. The molecule has 1 nitrogen and oxygen atoms in total. The monoisotopic (exact) mass is 323 g/mol. The zero-order valence-corrected chi connectivity index (χ0v) is 14.0. The summed E-state index contributed by atoms with van der Waals surface area (Å²) in [6.07, 6.45) is 6.64. The number of rotatable bonds is 8. The fraction of sp³-hybridized carbons (Fsp3) is 0.529. The number of allylic oxidation sites excluding steroid dienone is 1. The fourth-order valence-electron chi connectivity index (χ4n) is 2.35. The third kappa shape index (κ3) is 5.12. The minimum atomic E-state index is 0.463. The Balaban J connectivity index is 2.85. The van der Waals surface area contributed by atoms with E-state index in [9.17, 15) is 0 Å². The minimum absolute atomic E-state index is 0.463. The van der Waals surface area contributed by atoms with E-state index in [1.165, 1.54) is 40.4 Å². The Labute approximate surface area is 126 Å². The van der Waals surface area contributed by atoms with Gasteiger partial charge in [-0.05, 0) is 62.8 Å². The number of benzene rings is 1. The van der Waals surface area contributed by atoms with Crippen molar-refractivity contribution in [2.75, 3.05) is 6.54 Å². The van der Waals surface area contributed by atoms with Crippen LogP contribution in [0.5, 0.6) is 0 Å². The van der Waals surface area contributed by atoms with Gasteiger partial charge in [-0.2, -0.15) is 0 Å². The van der Waals surface area contributed by atoms with Crippen molar-refractivity contribution in [3.8, 4) is 0 Å². The molecule has 0 aliphatic heterocycles. The summed E-state index contributed by atoms with van der Waals surface area (Å²) in [6.45, 7) is 11.4. The molecule has 0 aliphatic rings. The second-order valence-electron chi connectivity index (χ2n) is 5.19. The topological polar surface area (TPSA) is 12.0 Å². The van der Waals surface area contributed by atoms with Gasteiger partial charge in [-0.1, -0.05) is 41.1 Å². The highest BCUT2D eigenvalue weighted by Crippen LogP contribution is 2.27. The molecule has 0 aliphatic carbocycles. The Hall–Kier alpha value is -0.600. The maximum absolute atomic E-state index is 3.81. The molecular formula is C17H26BrN. The summed E-state index contributed by atoms with van der Waals surface area (Å²) in [5.74, 6) is 0. The minimum Gasteiger partial charge on any atom is -0.310 e. The first kappa shape index (κ1) is 16.5. The normalized spacial score (nSPS) is 12.4. The van der Waals surface area contributed by atoms with Crippen LogP contribution in [0.25, 0.3) is 0 Å². The predicted molar refractivity (Wildman–Crippen MR) is 88.7 cm³/mol. The van der Waals surface area contributed by atoms with Gasteiger partial charge in [0.25, 0.3) is 0 Å². The van der Waals surface area contributed by atoms with E-state index in [4.69, 9.17) is 0 Å². The molecule has 0 bridgehead atoms. The van der Waals surface area contributed by atoms with Crippen molar-refractivity contribution in [3.63, 3.8) is 0 Å². The van der Waals surface area contributed by atoms with Gasteiger partial charge in [0.1, 0.15) is 0 Å². The Kier molecular flexibility index (Phi) is 7.40. The van der Waals surface area contributed by atoms with E-state index < -0.39 is 0 Å². The van der Waals surface area contributed by atoms with Crippen LogP contribution >= 0.6 is 15.9 Å². The van der Waals surface area contributed by atoms with Crippen LogP contribution in [0.1, 0.15) is 55.3 Å². The number of hydrogen-bond donors (Lipinski definition) is 1. The highest BCUT2D eigenvalue weighted by molar-refractivity contribution is 9.10. The Morgan fingerprint density at radius 1 is 1.32 bits per heavy atom. The number of halogens is 1. The fourth-order valence-corrected chi connectivity index (χ4v) is 2.58. The van der Waals surface area contributed by atoms with Crippen molar-refractivity contribution in [1.29, 1.82) is 0 Å². The Morgan fingerprint density at radius 2 is 1.95 bits per heavy atom. The van der Waals surface area contributed by atoms with E-state index in [1.54, 1.807) is 0 Å². The maximum atomic E-state index is 3.81. The number of aryl methyl sites for hydroxylation is 2. The molecule has 106 valence electrons. The Morgan fingerprint density at radius 3 is 2.47 bits per heavy atom. The summed E-state index contributed by atoms with van der Waals surface area (Å²) in [5.41, 5.74) is 4.06. The van der Waals surface area contributed by atoms with E-state index in [2.05, 4.69) is 60.7 Å². The molecule has 0 heterocycles. The average molecular weight is 324 g/mol. The number of hydrogen-bond acceptors (Lipinski definition) is 1. The van der Waals surface area contributed by atoms with Crippen LogP contribution in [0.4, 0.5) is 0 Å². The van der Waals surface area contributed by atoms with E-state index in [-0.39, 0.29) is 0 Å². The van der Waals surface area contributed by atoms with E-state index in [1.807, 2.05) is 6.08 Å². The van der Waals surface area contributed by atoms with Crippen LogP contribution in [0.15, 0.2) is 29.3 Å². The summed E-state index contributed by atoms with van der Waals surface area (Å²) in [6, 6.07) is 5.07. The van der Waals surface area contributed by atoms with Gasteiger partial charge in [-0.3, -0.25) is 0 Å². The quantitative estimate of drug-likeness (QED) is 0.494. The van der Waals surface area contributed by atoms with Crippen LogP contribution < -0.4 is 5.32 Å². The van der Waals surface area contributed by atoms with E-state index >= 15 is 0 Å². The molecule has 1 aromatic carbocycles. The molecule has 1 N–H and O–H groups in total. The molecule has 1 rings (SSSR count). The molecule has 0 saturated carbocycles. The van der Waals surface area contributed by atoms with Crippen molar-refractivity contribution >= 4 is 15.9 Å². The van der Waals surface area contributed by atoms with E-state index in [0.29, 0.717) is 6.04 Å². The van der Waals surface area contributed by atoms with Crippen LogP contribution in [0.2, 0.25) is 0 Å². The molecule has 1 unspecified atom stereocenters. The predicted octanol–water partition coefficient (Wildman–Crippen LogP) is 5.46. The second kappa shape index (κ2) is 8.55. The van der Waals surface area contributed by atoms with Crippen molar-refractivity contribution < 1.29 is 0 Å². The van der Waals surface area contributed by atoms with Crippen molar-refractivity contribution in [2.24, 2.45) is 0 Å². The lowest BCUT2D eigenvalue weighted by Crippen LogP contribution is -2.22. The highest BCUT2D eigenvalue weighted by Gasteiger charge is 2.12. The standard InChI is InChI=1S/C17H26BrN/c1-5-7-8-9-16(19-10-6-2)15-11-13(3)17(18)14(4)12-15/h5,11-12,16,19H,1,6-10H2,2-4H3. The molecule has 19 heavy (non-hydrogen) atoms. The molecular weight excluding hydrogens is 298 g/mol. The lowest BCUT2D eigenvalue weighted by Gasteiger charge is -2.20. The van der Waals surface area contributed by atoms with Crippen molar-refractivity contribution in [3.05, 3.63) is 46.0 Å². The van der Waals surface area contributed by atoms with Gasteiger partial charge in [0, 0.05) is 10.5 Å². The van der Waals surface area contributed by atoms with Gasteiger partial charge in [0.05, 0.1) is 0 Å². The smallest absolute Gasteiger partial charge is 0.0320 e. The summed E-state index contributed by atoms with van der Waals surface area (Å²) in [7, 11) is 0. The first-order valence-electron chi connectivity index (χ1n) is 7.21. The molecule has 0 amide bonds. The molecule has 0 aromatic heterocycles. The zero-order valence-electron chi connectivity index (χ0n) is 12.4. The molecule has 0 radical (unpaired) electrons. The molecule has 1 atom stereocenters. The zero-order chi connectivity index (χ0) is 14.3. The second-order valence-corrected chi connectivity index (χ2v) is 5.99. The molecule has 0 saturated heterocycles. The van der Waals surface area contributed by atoms with Crippen molar-refractivity contribution in [2.45, 2.75) is 52.5 Å². The third-order valence-electron chi connectivity index (χ3n) is 3.40. The van der Waals surface area contributed by atoms with Gasteiger partial charge in [0.15, 0.2) is 0 Å². The van der Waals surface area contributed by atoms with Gasteiger partial charge < -0.3 is 5.32 Å². The number of nitrogens with one attached hydrogen (secondary N) is 1. The molecule has 0 fully saturated rings. The molecule has 0 spiro atoms. The summed E-state index contributed by atoms with van der Waals surface area (Å²) in [5, 5.41) is 3.67. The van der Waals surface area contributed by atoms with Crippen LogP contribution in [0.3, 0.4) is 0 Å². The largest absolute Gasteiger partial charge is 0.310 e. The van der Waals surface area contributed by atoms with Crippen molar-refractivity contribution in [1.82, 2.24) is 5.32 Å². The lowest BCUT2D eigenvalue weighted by atomic mass is 9.97.